The van der Waals surface area contributed by atoms with E-state index < -0.39 is 0 Å². The van der Waals surface area contributed by atoms with Crippen LogP contribution in [0.15, 0.2) is 30.7 Å². The molecule has 0 fully saturated rings. The van der Waals surface area contributed by atoms with Crippen molar-refractivity contribution in [3.05, 3.63) is 40.8 Å². The summed E-state index contributed by atoms with van der Waals surface area (Å²) in [6, 6.07) is 5.27. The summed E-state index contributed by atoms with van der Waals surface area (Å²) >= 11 is 11.7. The average molecular weight is 240 g/mol. The van der Waals surface area contributed by atoms with Crippen LogP contribution >= 0.6 is 23.2 Å². The molecule has 0 aliphatic heterocycles. The predicted molar refractivity (Wildman–Crippen MR) is 61.9 cm³/mol. The first kappa shape index (κ1) is 10.2. The fraction of sp³-hybridized carbons (Fsp3) is 0. The highest BCUT2D eigenvalue weighted by atomic mass is 35.5. The normalized spacial score (nSPS) is 10.3. The standard InChI is InChI=1S/C10H7Cl2N3/c11-8-2-1-6(3-9(8)12)7-4-14-5-15-10(7)13/h1-5H,(H2,13,14,15). The van der Waals surface area contributed by atoms with Crippen LogP contribution in [0.3, 0.4) is 0 Å². The number of rotatable bonds is 1. The van der Waals surface area contributed by atoms with E-state index in [2.05, 4.69) is 9.97 Å². The molecule has 15 heavy (non-hydrogen) atoms. The van der Waals surface area contributed by atoms with Crippen molar-refractivity contribution in [2.45, 2.75) is 0 Å². The molecule has 1 aromatic heterocycles. The van der Waals surface area contributed by atoms with Gasteiger partial charge in [-0.15, -0.1) is 0 Å². The molecule has 2 N–H and O–H groups in total. The Morgan fingerprint density at radius 3 is 2.60 bits per heavy atom. The molecule has 0 aliphatic rings. The molecule has 0 saturated heterocycles. The topological polar surface area (TPSA) is 51.8 Å². The molecule has 0 unspecified atom stereocenters. The van der Waals surface area contributed by atoms with E-state index >= 15 is 0 Å². The predicted octanol–water partition coefficient (Wildman–Crippen LogP) is 3.03. The highest BCUT2D eigenvalue weighted by molar-refractivity contribution is 6.42. The summed E-state index contributed by atoms with van der Waals surface area (Å²) in [5.41, 5.74) is 7.31. The zero-order valence-corrected chi connectivity index (χ0v) is 9.13. The van der Waals surface area contributed by atoms with E-state index in [1.54, 1.807) is 18.3 Å². The van der Waals surface area contributed by atoms with E-state index in [0.29, 0.717) is 15.9 Å². The van der Waals surface area contributed by atoms with E-state index in [1.807, 2.05) is 6.07 Å². The Morgan fingerprint density at radius 1 is 1.13 bits per heavy atom. The Hall–Kier alpha value is -1.32. The van der Waals surface area contributed by atoms with Crippen molar-refractivity contribution in [3.8, 4) is 11.1 Å². The Kier molecular flexibility index (Phi) is 2.75. The lowest BCUT2D eigenvalue weighted by molar-refractivity contribution is 1.18. The number of nitrogen functional groups attached to an aromatic ring is 1. The first-order valence-electron chi connectivity index (χ1n) is 4.19. The van der Waals surface area contributed by atoms with E-state index in [9.17, 15) is 0 Å². The maximum Gasteiger partial charge on any atom is 0.134 e. The van der Waals surface area contributed by atoms with Crippen molar-refractivity contribution in [1.29, 1.82) is 0 Å². The maximum atomic E-state index is 5.90. The second-order valence-corrected chi connectivity index (χ2v) is 3.76. The largest absolute Gasteiger partial charge is 0.383 e. The smallest absolute Gasteiger partial charge is 0.134 e. The van der Waals surface area contributed by atoms with Gasteiger partial charge in [-0.25, -0.2) is 9.97 Å². The van der Waals surface area contributed by atoms with Crippen molar-refractivity contribution < 1.29 is 0 Å². The summed E-state index contributed by atoms with van der Waals surface area (Å²) < 4.78 is 0. The van der Waals surface area contributed by atoms with Crippen molar-refractivity contribution >= 4 is 29.0 Å². The van der Waals surface area contributed by atoms with Crippen LogP contribution < -0.4 is 5.73 Å². The van der Waals surface area contributed by atoms with Crippen molar-refractivity contribution in [2.24, 2.45) is 0 Å². The van der Waals surface area contributed by atoms with E-state index in [-0.39, 0.29) is 0 Å². The van der Waals surface area contributed by atoms with Crippen LogP contribution in [0.2, 0.25) is 10.0 Å². The molecule has 3 nitrogen and oxygen atoms in total. The van der Waals surface area contributed by atoms with Crippen LogP contribution in [0.5, 0.6) is 0 Å². The van der Waals surface area contributed by atoms with Crippen molar-refractivity contribution in [2.75, 3.05) is 5.73 Å². The molecule has 76 valence electrons. The van der Waals surface area contributed by atoms with Gasteiger partial charge in [-0.1, -0.05) is 29.3 Å². The molecule has 2 aromatic rings. The number of benzene rings is 1. The molecule has 0 spiro atoms. The third-order valence-electron chi connectivity index (χ3n) is 1.97. The van der Waals surface area contributed by atoms with Crippen LogP contribution in [0, 0.1) is 0 Å². The van der Waals surface area contributed by atoms with Gasteiger partial charge in [0.25, 0.3) is 0 Å². The lowest BCUT2D eigenvalue weighted by Crippen LogP contribution is -1.94. The fourth-order valence-corrected chi connectivity index (χ4v) is 1.52. The number of aromatic nitrogens is 2. The lowest BCUT2D eigenvalue weighted by atomic mass is 10.1. The van der Waals surface area contributed by atoms with Gasteiger partial charge in [-0.2, -0.15) is 0 Å². The summed E-state index contributed by atoms with van der Waals surface area (Å²) in [6.45, 7) is 0. The summed E-state index contributed by atoms with van der Waals surface area (Å²) in [4.78, 5) is 7.80. The Balaban J connectivity index is 2.55. The molecule has 2 rings (SSSR count). The van der Waals surface area contributed by atoms with Gasteiger partial charge in [0.15, 0.2) is 0 Å². The van der Waals surface area contributed by atoms with Crippen molar-refractivity contribution in [1.82, 2.24) is 9.97 Å². The zero-order chi connectivity index (χ0) is 10.8. The van der Waals surface area contributed by atoms with E-state index in [0.717, 1.165) is 11.1 Å². The van der Waals surface area contributed by atoms with Crippen molar-refractivity contribution in [3.63, 3.8) is 0 Å². The summed E-state index contributed by atoms with van der Waals surface area (Å²) in [6.07, 6.45) is 3.04. The Labute approximate surface area is 96.9 Å². The summed E-state index contributed by atoms with van der Waals surface area (Å²) in [5.74, 6) is 0.420. The van der Waals surface area contributed by atoms with Gasteiger partial charge >= 0.3 is 0 Å². The molecular formula is C10H7Cl2N3. The number of halogens is 2. The minimum absolute atomic E-state index is 0.420. The second-order valence-electron chi connectivity index (χ2n) is 2.95. The number of nitrogens with two attached hydrogens (primary N) is 1. The van der Waals surface area contributed by atoms with Crippen LogP contribution in [-0.4, -0.2) is 9.97 Å². The van der Waals surface area contributed by atoms with E-state index in [4.69, 9.17) is 28.9 Å². The molecule has 0 saturated carbocycles. The molecule has 0 bridgehead atoms. The highest BCUT2D eigenvalue weighted by Gasteiger charge is 2.05. The molecule has 0 aliphatic carbocycles. The summed E-state index contributed by atoms with van der Waals surface area (Å²) in [7, 11) is 0. The van der Waals surface area contributed by atoms with Crippen LogP contribution in [-0.2, 0) is 0 Å². The zero-order valence-electron chi connectivity index (χ0n) is 7.61. The van der Waals surface area contributed by atoms with Gasteiger partial charge < -0.3 is 5.73 Å². The Morgan fingerprint density at radius 2 is 1.93 bits per heavy atom. The minimum Gasteiger partial charge on any atom is -0.383 e. The minimum atomic E-state index is 0.420. The average Bonchev–Trinajstić information content (AvgIpc) is 2.23. The number of hydrogen-bond acceptors (Lipinski definition) is 3. The molecule has 0 atom stereocenters. The number of anilines is 1. The maximum absolute atomic E-state index is 5.90. The first-order chi connectivity index (χ1) is 7.18. The highest BCUT2D eigenvalue weighted by Crippen LogP contribution is 2.29. The Bertz CT molecular complexity index is 500. The second kappa shape index (κ2) is 4.04. The van der Waals surface area contributed by atoms with Gasteiger partial charge in [-0.3, -0.25) is 0 Å². The molecule has 0 radical (unpaired) electrons. The summed E-state index contributed by atoms with van der Waals surface area (Å²) in [5, 5.41) is 0.994. The van der Waals surface area contributed by atoms with Crippen LogP contribution in [0.4, 0.5) is 5.82 Å². The third kappa shape index (κ3) is 2.03. The number of nitrogens with zero attached hydrogens (tertiary/aromatic N) is 2. The van der Waals surface area contributed by atoms with E-state index in [1.165, 1.54) is 6.33 Å². The quantitative estimate of drug-likeness (QED) is 0.833. The lowest BCUT2D eigenvalue weighted by Gasteiger charge is -2.04. The van der Waals surface area contributed by atoms with Gasteiger partial charge in [0.05, 0.1) is 10.0 Å². The van der Waals surface area contributed by atoms with Gasteiger partial charge in [0.2, 0.25) is 0 Å². The molecule has 1 heterocycles. The third-order valence-corrected chi connectivity index (χ3v) is 2.71. The molecule has 5 heteroatoms. The van der Waals surface area contributed by atoms with Gasteiger partial charge in [0, 0.05) is 11.8 Å². The van der Waals surface area contributed by atoms with Crippen LogP contribution in [0.1, 0.15) is 0 Å². The molecule has 0 amide bonds. The molecule has 1 aromatic carbocycles. The molecular weight excluding hydrogens is 233 g/mol. The van der Waals surface area contributed by atoms with Gasteiger partial charge in [0.1, 0.15) is 12.1 Å². The first-order valence-corrected chi connectivity index (χ1v) is 4.95. The van der Waals surface area contributed by atoms with Gasteiger partial charge in [-0.05, 0) is 17.7 Å². The fourth-order valence-electron chi connectivity index (χ4n) is 1.23. The SMILES string of the molecule is Nc1ncncc1-c1ccc(Cl)c(Cl)c1. The monoisotopic (exact) mass is 239 g/mol. The number of hydrogen-bond donors (Lipinski definition) is 1. The van der Waals surface area contributed by atoms with Crippen LogP contribution in [0.25, 0.3) is 11.1 Å².